The van der Waals surface area contributed by atoms with Crippen LogP contribution in [0.3, 0.4) is 0 Å². The number of nitrogens with one attached hydrogen (secondary N) is 1. The van der Waals surface area contributed by atoms with Crippen molar-refractivity contribution in [1.29, 1.82) is 0 Å². The topological polar surface area (TPSA) is 28.7 Å². The number of fused-ring (bicyclic) bond motifs is 1. The van der Waals surface area contributed by atoms with E-state index in [4.69, 9.17) is 12.2 Å². The maximum absolute atomic E-state index is 5.36. The maximum atomic E-state index is 5.36. The van der Waals surface area contributed by atoms with E-state index in [0.29, 0.717) is 0 Å². The second-order valence-corrected chi connectivity index (χ2v) is 6.96. The summed E-state index contributed by atoms with van der Waals surface area (Å²) in [5.74, 6) is 3.86. The van der Waals surface area contributed by atoms with E-state index in [1.165, 1.54) is 21.7 Å². The van der Waals surface area contributed by atoms with E-state index in [1.807, 2.05) is 11.8 Å². The number of aromatic nitrogens is 2. The molecule has 0 atom stereocenters. The van der Waals surface area contributed by atoms with E-state index in [0.717, 1.165) is 27.7 Å². The lowest BCUT2D eigenvalue weighted by Crippen LogP contribution is -1.99. The lowest BCUT2D eigenvalue weighted by atomic mass is 10.2. The van der Waals surface area contributed by atoms with Gasteiger partial charge in [0.15, 0.2) is 0 Å². The number of rotatable bonds is 3. The molecule has 0 bridgehead atoms. The average Bonchev–Trinajstić information content (AvgIpc) is 2.85. The molecule has 2 aromatic rings. The summed E-state index contributed by atoms with van der Waals surface area (Å²) in [5, 5.41) is 0. The maximum Gasteiger partial charge on any atom is 0.134 e. The second kappa shape index (κ2) is 5.69. The van der Waals surface area contributed by atoms with Gasteiger partial charge in [-0.1, -0.05) is 29.9 Å². The highest BCUT2D eigenvalue weighted by Gasteiger charge is 2.15. The summed E-state index contributed by atoms with van der Waals surface area (Å²) in [6.45, 7) is 2.11. The molecule has 0 radical (unpaired) electrons. The van der Waals surface area contributed by atoms with Gasteiger partial charge in [0, 0.05) is 27.7 Å². The Morgan fingerprint density at radius 2 is 2.32 bits per heavy atom. The first-order valence-corrected chi connectivity index (χ1v) is 8.65. The highest BCUT2D eigenvalue weighted by Crippen LogP contribution is 2.29. The SMILES string of the molecule is Cc1cccc(SCc2nc(=S)c3c([nH]2)CSC3)c1. The molecule has 1 aliphatic heterocycles. The Morgan fingerprint density at radius 3 is 3.16 bits per heavy atom. The van der Waals surface area contributed by atoms with Crippen molar-refractivity contribution >= 4 is 35.7 Å². The molecule has 98 valence electrons. The van der Waals surface area contributed by atoms with E-state index >= 15 is 0 Å². The van der Waals surface area contributed by atoms with Gasteiger partial charge in [-0.15, -0.1) is 11.8 Å². The van der Waals surface area contributed by atoms with Crippen molar-refractivity contribution in [3.05, 3.63) is 51.6 Å². The molecule has 0 fully saturated rings. The number of aryl methyl sites for hydroxylation is 1. The Labute approximate surface area is 126 Å². The number of thioether (sulfide) groups is 2. The summed E-state index contributed by atoms with van der Waals surface area (Å²) in [5.41, 5.74) is 3.78. The predicted molar refractivity (Wildman–Crippen MR) is 85.2 cm³/mol. The summed E-state index contributed by atoms with van der Waals surface area (Å²) in [6, 6.07) is 8.53. The lowest BCUT2D eigenvalue weighted by molar-refractivity contribution is 0.963. The molecular formula is C14H14N2S3. The normalized spacial score (nSPS) is 13.5. The number of hydrogen-bond acceptors (Lipinski definition) is 4. The van der Waals surface area contributed by atoms with Crippen molar-refractivity contribution in [2.45, 2.75) is 29.1 Å². The predicted octanol–water partition coefficient (Wildman–Crippen LogP) is 4.49. The van der Waals surface area contributed by atoms with Crippen LogP contribution in [0, 0.1) is 11.6 Å². The van der Waals surface area contributed by atoms with Gasteiger partial charge >= 0.3 is 0 Å². The number of benzene rings is 1. The molecule has 19 heavy (non-hydrogen) atoms. The molecule has 0 amide bonds. The summed E-state index contributed by atoms with van der Waals surface area (Å²) in [4.78, 5) is 9.21. The molecular weight excluding hydrogens is 292 g/mol. The van der Waals surface area contributed by atoms with Gasteiger partial charge in [-0.25, -0.2) is 4.98 Å². The van der Waals surface area contributed by atoms with Crippen molar-refractivity contribution in [3.8, 4) is 0 Å². The fraction of sp³-hybridized carbons (Fsp3) is 0.286. The smallest absolute Gasteiger partial charge is 0.134 e. The van der Waals surface area contributed by atoms with Crippen LogP contribution in [0.1, 0.15) is 22.6 Å². The molecule has 0 spiro atoms. The summed E-state index contributed by atoms with van der Waals surface area (Å²) < 4.78 is 0.776. The zero-order valence-corrected chi connectivity index (χ0v) is 13.1. The van der Waals surface area contributed by atoms with Gasteiger partial charge in [0.05, 0.1) is 5.75 Å². The van der Waals surface area contributed by atoms with Crippen LogP contribution in [-0.2, 0) is 17.3 Å². The second-order valence-electron chi connectivity index (χ2n) is 4.54. The van der Waals surface area contributed by atoms with Gasteiger partial charge in [-0.2, -0.15) is 11.8 Å². The highest BCUT2D eigenvalue weighted by atomic mass is 32.2. The van der Waals surface area contributed by atoms with Crippen molar-refractivity contribution in [3.63, 3.8) is 0 Å². The van der Waals surface area contributed by atoms with Crippen molar-refractivity contribution in [2.75, 3.05) is 0 Å². The monoisotopic (exact) mass is 306 g/mol. The first-order valence-electron chi connectivity index (χ1n) is 6.10. The van der Waals surface area contributed by atoms with Crippen LogP contribution in [-0.4, -0.2) is 9.97 Å². The summed E-state index contributed by atoms with van der Waals surface area (Å²) >= 11 is 9.06. The van der Waals surface area contributed by atoms with Crippen LogP contribution in [0.5, 0.6) is 0 Å². The third kappa shape index (κ3) is 3.04. The average molecular weight is 306 g/mol. The molecule has 1 aromatic carbocycles. The highest BCUT2D eigenvalue weighted by molar-refractivity contribution is 7.98. The number of hydrogen-bond donors (Lipinski definition) is 1. The first-order chi connectivity index (χ1) is 9.22. The first kappa shape index (κ1) is 13.2. The number of aromatic amines is 1. The molecule has 0 unspecified atom stereocenters. The van der Waals surface area contributed by atoms with E-state index in [-0.39, 0.29) is 0 Å². The Hall–Kier alpha value is -0.780. The van der Waals surface area contributed by atoms with E-state index in [1.54, 1.807) is 11.8 Å². The van der Waals surface area contributed by atoms with Gasteiger partial charge in [-0.05, 0) is 19.1 Å². The van der Waals surface area contributed by atoms with E-state index in [9.17, 15) is 0 Å². The minimum absolute atomic E-state index is 0.776. The van der Waals surface area contributed by atoms with Crippen molar-refractivity contribution in [2.24, 2.45) is 0 Å². The van der Waals surface area contributed by atoms with Crippen molar-refractivity contribution in [1.82, 2.24) is 9.97 Å². The van der Waals surface area contributed by atoms with Gasteiger partial charge < -0.3 is 4.98 Å². The fourth-order valence-corrected chi connectivity index (χ4v) is 4.40. The van der Waals surface area contributed by atoms with Crippen LogP contribution in [0.4, 0.5) is 0 Å². The molecule has 2 heterocycles. The van der Waals surface area contributed by atoms with Crippen LogP contribution in [0.15, 0.2) is 29.2 Å². The van der Waals surface area contributed by atoms with E-state index < -0.39 is 0 Å². The molecule has 0 aliphatic carbocycles. The standard InChI is InChI=1S/C14H14N2S3/c1-9-3-2-4-10(5-9)19-8-13-15-12-7-18-6-11(12)14(17)16-13/h2-5H,6-8H2,1H3,(H,15,16,17). The van der Waals surface area contributed by atoms with Crippen LogP contribution in [0.25, 0.3) is 0 Å². The Kier molecular flexibility index (Phi) is 3.96. The minimum atomic E-state index is 0.776. The molecule has 1 aromatic heterocycles. The largest absolute Gasteiger partial charge is 0.345 e. The lowest BCUT2D eigenvalue weighted by Gasteiger charge is -2.05. The van der Waals surface area contributed by atoms with E-state index in [2.05, 4.69) is 41.2 Å². The molecule has 1 aliphatic rings. The van der Waals surface area contributed by atoms with Gasteiger partial charge in [0.25, 0.3) is 0 Å². The quantitative estimate of drug-likeness (QED) is 0.668. The summed E-state index contributed by atoms with van der Waals surface area (Å²) in [6.07, 6.45) is 0. The number of H-pyrrole nitrogens is 1. The Morgan fingerprint density at radius 1 is 1.42 bits per heavy atom. The molecule has 1 N–H and O–H groups in total. The molecule has 3 rings (SSSR count). The van der Waals surface area contributed by atoms with Crippen LogP contribution in [0.2, 0.25) is 0 Å². The molecule has 0 saturated carbocycles. The molecule has 0 saturated heterocycles. The molecule has 2 nitrogen and oxygen atoms in total. The Balaban J connectivity index is 1.77. The zero-order chi connectivity index (χ0) is 13.2. The Bertz CT molecular complexity index is 664. The third-order valence-corrected chi connectivity index (χ3v) is 5.34. The third-order valence-electron chi connectivity index (χ3n) is 3.01. The van der Waals surface area contributed by atoms with Gasteiger partial charge in [0.1, 0.15) is 10.5 Å². The van der Waals surface area contributed by atoms with Crippen LogP contribution >= 0.6 is 35.7 Å². The zero-order valence-electron chi connectivity index (χ0n) is 10.6. The van der Waals surface area contributed by atoms with Gasteiger partial charge in [-0.3, -0.25) is 0 Å². The fourth-order valence-electron chi connectivity index (χ4n) is 2.05. The van der Waals surface area contributed by atoms with Crippen LogP contribution < -0.4 is 0 Å². The number of nitrogens with zero attached hydrogens (tertiary/aromatic N) is 1. The summed E-state index contributed by atoms with van der Waals surface area (Å²) in [7, 11) is 0. The minimum Gasteiger partial charge on any atom is -0.345 e. The molecule has 5 heteroatoms. The van der Waals surface area contributed by atoms with Crippen molar-refractivity contribution < 1.29 is 0 Å². The van der Waals surface area contributed by atoms with Gasteiger partial charge in [0.2, 0.25) is 0 Å².